The number of halogens is 1. The Morgan fingerprint density at radius 2 is 2.11 bits per heavy atom. The van der Waals surface area contributed by atoms with E-state index in [4.69, 9.17) is 11.6 Å². The molecule has 0 bridgehead atoms. The zero-order valence-electron chi connectivity index (χ0n) is 11.0. The van der Waals surface area contributed by atoms with Crippen molar-refractivity contribution >= 4 is 17.6 Å². The minimum absolute atomic E-state index is 0.105. The third-order valence-corrected chi connectivity index (χ3v) is 3.47. The van der Waals surface area contributed by atoms with Gasteiger partial charge in [-0.05, 0) is 31.9 Å². The second-order valence-corrected chi connectivity index (χ2v) is 5.18. The second-order valence-electron chi connectivity index (χ2n) is 4.77. The maximum Gasteiger partial charge on any atom is 0.323 e. The van der Waals surface area contributed by atoms with Crippen LogP contribution in [-0.4, -0.2) is 16.6 Å². The number of benzene rings is 1. The lowest BCUT2D eigenvalue weighted by Gasteiger charge is -2.30. The molecule has 1 aromatic carbocycles. The second kappa shape index (κ2) is 6.21. The minimum atomic E-state index is -0.923. The van der Waals surface area contributed by atoms with Crippen molar-refractivity contribution in [3.63, 3.8) is 0 Å². The lowest BCUT2D eigenvalue weighted by Crippen LogP contribution is -2.50. The standard InChI is InChI=1S/C14H20ClNO2/c1-4-9-14(3,13(17)18)16-10(2)11-7-5-6-8-12(11)15/h5-8,10,16H,4,9H2,1-3H3,(H,17,18). The van der Waals surface area contributed by atoms with Gasteiger partial charge < -0.3 is 5.11 Å². The van der Waals surface area contributed by atoms with Gasteiger partial charge in [-0.15, -0.1) is 0 Å². The molecule has 0 amide bonds. The molecule has 3 nitrogen and oxygen atoms in total. The molecule has 0 aliphatic heterocycles. The van der Waals surface area contributed by atoms with Gasteiger partial charge in [0.15, 0.2) is 0 Å². The van der Waals surface area contributed by atoms with Crippen molar-refractivity contribution in [3.8, 4) is 0 Å². The Labute approximate surface area is 113 Å². The van der Waals surface area contributed by atoms with Crippen molar-refractivity contribution < 1.29 is 9.90 Å². The number of carbonyl (C=O) groups is 1. The summed E-state index contributed by atoms with van der Waals surface area (Å²) in [6.45, 7) is 5.62. The van der Waals surface area contributed by atoms with Crippen molar-refractivity contribution in [2.75, 3.05) is 0 Å². The van der Waals surface area contributed by atoms with Crippen LogP contribution >= 0.6 is 11.6 Å². The Hall–Kier alpha value is -1.06. The van der Waals surface area contributed by atoms with E-state index in [0.29, 0.717) is 11.4 Å². The topological polar surface area (TPSA) is 49.3 Å². The average molecular weight is 270 g/mol. The molecule has 0 saturated carbocycles. The monoisotopic (exact) mass is 269 g/mol. The van der Waals surface area contributed by atoms with Gasteiger partial charge in [0.1, 0.15) is 5.54 Å². The van der Waals surface area contributed by atoms with E-state index in [1.807, 2.05) is 38.1 Å². The lowest BCUT2D eigenvalue weighted by molar-refractivity contribution is -0.144. The Kier molecular flexibility index (Phi) is 5.17. The first-order valence-electron chi connectivity index (χ1n) is 6.16. The van der Waals surface area contributed by atoms with Crippen LogP contribution in [0, 0.1) is 0 Å². The molecule has 1 aromatic rings. The number of hydrogen-bond donors (Lipinski definition) is 2. The fourth-order valence-corrected chi connectivity index (χ4v) is 2.42. The summed E-state index contributed by atoms with van der Waals surface area (Å²) in [5.41, 5.74) is -0.00407. The molecule has 1 rings (SSSR count). The van der Waals surface area contributed by atoms with E-state index < -0.39 is 11.5 Å². The van der Waals surface area contributed by atoms with Crippen LogP contribution in [-0.2, 0) is 4.79 Å². The lowest BCUT2D eigenvalue weighted by atomic mass is 9.94. The highest BCUT2D eigenvalue weighted by atomic mass is 35.5. The summed E-state index contributed by atoms with van der Waals surface area (Å²) in [6, 6.07) is 7.38. The van der Waals surface area contributed by atoms with E-state index in [9.17, 15) is 9.90 Å². The van der Waals surface area contributed by atoms with E-state index in [1.165, 1.54) is 0 Å². The first kappa shape index (κ1) is 15.0. The molecule has 2 N–H and O–H groups in total. The maximum absolute atomic E-state index is 11.4. The summed E-state index contributed by atoms with van der Waals surface area (Å²) in [6.07, 6.45) is 1.39. The molecule has 0 aromatic heterocycles. The molecular formula is C14H20ClNO2. The third-order valence-electron chi connectivity index (χ3n) is 3.13. The van der Waals surface area contributed by atoms with Crippen LogP contribution in [0.2, 0.25) is 5.02 Å². The van der Waals surface area contributed by atoms with Crippen LogP contribution in [0.1, 0.15) is 45.2 Å². The van der Waals surface area contributed by atoms with Crippen molar-refractivity contribution in [2.24, 2.45) is 0 Å². The van der Waals surface area contributed by atoms with Gasteiger partial charge in [0.2, 0.25) is 0 Å². The van der Waals surface area contributed by atoms with Crippen LogP contribution in [0.4, 0.5) is 0 Å². The number of aliphatic carboxylic acids is 1. The molecule has 0 spiro atoms. The van der Waals surface area contributed by atoms with Gasteiger partial charge in [-0.1, -0.05) is 43.1 Å². The number of carboxylic acids is 1. The highest BCUT2D eigenvalue weighted by Gasteiger charge is 2.33. The first-order chi connectivity index (χ1) is 8.40. The van der Waals surface area contributed by atoms with Crippen LogP contribution in [0.3, 0.4) is 0 Å². The highest BCUT2D eigenvalue weighted by Crippen LogP contribution is 2.25. The van der Waals surface area contributed by atoms with Gasteiger partial charge in [0.25, 0.3) is 0 Å². The third kappa shape index (κ3) is 3.47. The predicted molar refractivity (Wildman–Crippen MR) is 74.0 cm³/mol. The van der Waals surface area contributed by atoms with Crippen LogP contribution < -0.4 is 5.32 Å². The van der Waals surface area contributed by atoms with Gasteiger partial charge in [-0.3, -0.25) is 10.1 Å². The predicted octanol–water partition coefficient (Wildman–Crippen LogP) is 3.63. The Balaban J connectivity index is 2.89. The fourth-order valence-electron chi connectivity index (χ4n) is 2.12. The summed E-state index contributed by atoms with van der Waals surface area (Å²) in [4.78, 5) is 11.4. The zero-order valence-corrected chi connectivity index (χ0v) is 11.8. The van der Waals surface area contributed by atoms with Crippen LogP contribution in [0.25, 0.3) is 0 Å². The molecule has 100 valence electrons. The Morgan fingerprint density at radius 3 is 2.61 bits per heavy atom. The molecule has 0 aliphatic rings. The summed E-state index contributed by atoms with van der Waals surface area (Å²) in [7, 11) is 0. The SMILES string of the molecule is CCCC(C)(NC(C)c1ccccc1Cl)C(=O)O. The molecule has 0 aliphatic carbocycles. The minimum Gasteiger partial charge on any atom is -0.480 e. The Morgan fingerprint density at radius 1 is 1.50 bits per heavy atom. The largest absolute Gasteiger partial charge is 0.480 e. The fraction of sp³-hybridized carbons (Fsp3) is 0.500. The van der Waals surface area contributed by atoms with E-state index >= 15 is 0 Å². The van der Waals surface area contributed by atoms with Gasteiger partial charge in [-0.2, -0.15) is 0 Å². The zero-order chi connectivity index (χ0) is 13.8. The average Bonchev–Trinajstić information content (AvgIpc) is 2.29. The van der Waals surface area contributed by atoms with Crippen LogP contribution in [0.5, 0.6) is 0 Å². The summed E-state index contributed by atoms with van der Waals surface area (Å²) in [5.74, 6) is -0.830. The number of carboxylic acid groups (broad SMARTS) is 1. The molecule has 2 atom stereocenters. The molecule has 0 radical (unpaired) electrons. The molecule has 18 heavy (non-hydrogen) atoms. The highest BCUT2D eigenvalue weighted by molar-refractivity contribution is 6.31. The molecule has 0 heterocycles. The van der Waals surface area contributed by atoms with Crippen LogP contribution in [0.15, 0.2) is 24.3 Å². The summed E-state index contributed by atoms with van der Waals surface area (Å²) < 4.78 is 0. The maximum atomic E-state index is 11.4. The number of rotatable bonds is 6. The summed E-state index contributed by atoms with van der Waals surface area (Å²) >= 11 is 6.12. The molecule has 4 heteroatoms. The molecular weight excluding hydrogens is 250 g/mol. The number of nitrogens with one attached hydrogen (secondary N) is 1. The molecule has 0 saturated heterocycles. The van der Waals surface area contributed by atoms with Gasteiger partial charge in [-0.25, -0.2) is 0 Å². The Bertz CT molecular complexity index is 422. The normalized spacial score (nSPS) is 16.0. The quantitative estimate of drug-likeness (QED) is 0.829. The van der Waals surface area contributed by atoms with Crippen molar-refractivity contribution in [1.29, 1.82) is 0 Å². The molecule has 2 unspecified atom stereocenters. The van der Waals surface area contributed by atoms with E-state index in [2.05, 4.69) is 5.32 Å². The molecule has 0 fully saturated rings. The first-order valence-corrected chi connectivity index (χ1v) is 6.54. The smallest absolute Gasteiger partial charge is 0.323 e. The van der Waals surface area contributed by atoms with E-state index in [0.717, 1.165) is 12.0 Å². The van der Waals surface area contributed by atoms with E-state index in [-0.39, 0.29) is 6.04 Å². The van der Waals surface area contributed by atoms with Gasteiger partial charge in [0.05, 0.1) is 0 Å². The van der Waals surface area contributed by atoms with Crippen molar-refractivity contribution in [2.45, 2.75) is 45.2 Å². The van der Waals surface area contributed by atoms with E-state index in [1.54, 1.807) is 6.92 Å². The van der Waals surface area contributed by atoms with Gasteiger partial charge >= 0.3 is 5.97 Å². The number of hydrogen-bond acceptors (Lipinski definition) is 2. The van der Waals surface area contributed by atoms with Crippen molar-refractivity contribution in [3.05, 3.63) is 34.9 Å². The summed E-state index contributed by atoms with van der Waals surface area (Å²) in [5, 5.41) is 13.2. The van der Waals surface area contributed by atoms with Crippen molar-refractivity contribution in [1.82, 2.24) is 5.32 Å². The van der Waals surface area contributed by atoms with Gasteiger partial charge in [0, 0.05) is 11.1 Å².